The van der Waals surface area contributed by atoms with Crippen LogP contribution in [0.2, 0.25) is 5.02 Å². The predicted molar refractivity (Wildman–Crippen MR) is 118 cm³/mol. The van der Waals surface area contributed by atoms with Crippen LogP contribution in [-0.2, 0) is 16.6 Å². The topological polar surface area (TPSA) is 66.5 Å². The van der Waals surface area contributed by atoms with Gasteiger partial charge in [-0.05, 0) is 73.1 Å². The lowest BCUT2D eigenvalue weighted by Crippen LogP contribution is -2.38. The Bertz CT molecular complexity index is 1010. The number of nitrogens with zero attached hydrogens (tertiary/aromatic N) is 1. The second-order valence-corrected chi connectivity index (χ2v) is 10.7. The smallest absolute Gasteiger partial charge is 0.251 e. The largest absolute Gasteiger partial charge is 0.349 e. The summed E-state index contributed by atoms with van der Waals surface area (Å²) in [6.07, 6.45) is 4.88. The molecule has 0 heterocycles. The summed E-state index contributed by atoms with van der Waals surface area (Å²) in [6.45, 7) is 2.40. The highest BCUT2D eigenvalue weighted by Crippen LogP contribution is 2.44. The van der Waals surface area contributed by atoms with E-state index in [2.05, 4.69) is 5.32 Å². The Morgan fingerprint density at radius 2 is 1.77 bits per heavy atom. The van der Waals surface area contributed by atoms with E-state index in [0.29, 0.717) is 29.1 Å². The van der Waals surface area contributed by atoms with Gasteiger partial charge in [0.25, 0.3) is 5.91 Å². The second-order valence-electron chi connectivity index (χ2n) is 8.34. The third kappa shape index (κ3) is 4.41. The van der Waals surface area contributed by atoms with Crippen LogP contribution in [0.25, 0.3) is 0 Å². The van der Waals surface area contributed by atoms with E-state index in [0.717, 1.165) is 17.9 Å². The zero-order valence-electron chi connectivity index (χ0n) is 17.1. The molecule has 160 valence electrons. The Hall–Kier alpha value is -1.89. The zero-order valence-corrected chi connectivity index (χ0v) is 18.6. The highest BCUT2D eigenvalue weighted by atomic mass is 35.5. The number of halogens is 1. The number of benzene rings is 2. The van der Waals surface area contributed by atoms with E-state index in [4.69, 9.17) is 11.6 Å². The summed E-state index contributed by atoms with van der Waals surface area (Å²) in [5.41, 5.74) is 1.45. The Kier molecular flexibility index (Phi) is 6.19. The van der Waals surface area contributed by atoms with Crippen LogP contribution < -0.4 is 5.32 Å². The van der Waals surface area contributed by atoms with Crippen molar-refractivity contribution in [1.82, 2.24) is 9.62 Å². The van der Waals surface area contributed by atoms with Crippen molar-refractivity contribution >= 4 is 27.5 Å². The molecule has 2 aromatic carbocycles. The number of fused-ring (bicyclic) bond motifs is 2. The first-order chi connectivity index (χ1) is 14.4. The molecule has 5 nitrogen and oxygen atoms in total. The van der Waals surface area contributed by atoms with Crippen molar-refractivity contribution < 1.29 is 13.2 Å². The molecule has 30 heavy (non-hydrogen) atoms. The minimum atomic E-state index is -3.62. The maximum absolute atomic E-state index is 12.9. The first kappa shape index (κ1) is 21.3. The maximum Gasteiger partial charge on any atom is 0.251 e. The van der Waals surface area contributed by atoms with Crippen molar-refractivity contribution in [3.8, 4) is 0 Å². The summed E-state index contributed by atoms with van der Waals surface area (Å²) in [6, 6.07) is 13.7. The molecule has 0 spiro atoms. The van der Waals surface area contributed by atoms with Crippen LogP contribution in [0.15, 0.2) is 53.4 Å². The molecule has 0 saturated heterocycles. The molecule has 2 aliphatic carbocycles. The SMILES string of the molecule is CCN(Cc1ccc(C(=O)N[C@@H]2C[C@H]3CC[C@H]2C3)cc1)S(=O)(=O)c1ccc(Cl)cc1. The molecule has 0 radical (unpaired) electrons. The van der Waals surface area contributed by atoms with E-state index >= 15 is 0 Å². The van der Waals surface area contributed by atoms with Gasteiger partial charge in [-0.15, -0.1) is 0 Å². The Morgan fingerprint density at radius 1 is 1.07 bits per heavy atom. The Balaban J connectivity index is 1.41. The molecule has 2 aliphatic rings. The average molecular weight is 447 g/mol. The van der Waals surface area contributed by atoms with Crippen molar-refractivity contribution in [2.24, 2.45) is 11.8 Å². The van der Waals surface area contributed by atoms with Gasteiger partial charge in [-0.3, -0.25) is 4.79 Å². The van der Waals surface area contributed by atoms with Gasteiger partial charge in [0.2, 0.25) is 10.0 Å². The summed E-state index contributed by atoms with van der Waals surface area (Å²) in [4.78, 5) is 12.8. The molecular formula is C23H27ClN2O3S. The third-order valence-electron chi connectivity index (χ3n) is 6.43. The van der Waals surface area contributed by atoms with Crippen LogP contribution >= 0.6 is 11.6 Å². The molecule has 7 heteroatoms. The van der Waals surface area contributed by atoms with Gasteiger partial charge in [0.1, 0.15) is 0 Å². The van der Waals surface area contributed by atoms with E-state index in [1.165, 1.54) is 35.7 Å². The number of hydrogen-bond donors (Lipinski definition) is 1. The molecule has 4 rings (SSSR count). The molecule has 2 aromatic rings. The monoisotopic (exact) mass is 446 g/mol. The zero-order chi connectivity index (χ0) is 21.3. The van der Waals surface area contributed by atoms with E-state index < -0.39 is 10.0 Å². The number of carbonyl (C=O) groups excluding carboxylic acids is 1. The van der Waals surface area contributed by atoms with Gasteiger partial charge in [0.15, 0.2) is 0 Å². The number of carbonyl (C=O) groups is 1. The number of rotatable bonds is 7. The van der Waals surface area contributed by atoms with E-state index in [1.807, 2.05) is 19.1 Å². The van der Waals surface area contributed by atoms with Crippen molar-refractivity contribution in [2.75, 3.05) is 6.54 Å². The van der Waals surface area contributed by atoms with Crippen molar-refractivity contribution in [3.63, 3.8) is 0 Å². The number of sulfonamides is 1. The number of amides is 1. The van der Waals surface area contributed by atoms with Gasteiger partial charge in [0.05, 0.1) is 4.90 Å². The van der Waals surface area contributed by atoms with Crippen molar-refractivity contribution in [1.29, 1.82) is 0 Å². The van der Waals surface area contributed by atoms with Crippen LogP contribution in [0.4, 0.5) is 0 Å². The van der Waals surface area contributed by atoms with Crippen LogP contribution in [0.5, 0.6) is 0 Å². The van der Waals surface area contributed by atoms with Gasteiger partial charge >= 0.3 is 0 Å². The van der Waals surface area contributed by atoms with E-state index in [1.54, 1.807) is 24.3 Å². The molecule has 3 atom stereocenters. The predicted octanol–water partition coefficient (Wildman–Crippen LogP) is 4.47. The summed E-state index contributed by atoms with van der Waals surface area (Å²) < 4.78 is 27.3. The Labute approximate surface area is 183 Å². The summed E-state index contributed by atoms with van der Waals surface area (Å²) in [7, 11) is -3.62. The highest BCUT2D eigenvalue weighted by molar-refractivity contribution is 7.89. The number of nitrogens with one attached hydrogen (secondary N) is 1. The standard InChI is InChI=1S/C23H27ClN2O3S/c1-2-26(30(28,29)21-11-9-20(24)10-12-21)15-16-3-6-18(7-4-16)23(27)25-22-14-17-5-8-19(22)13-17/h3-4,6-7,9-12,17,19,22H,2,5,8,13-15H2,1H3,(H,25,27)/t17-,19-,22+/m0/s1. The van der Waals surface area contributed by atoms with E-state index in [9.17, 15) is 13.2 Å². The fourth-order valence-corrected chi connectivity index (χ4v) is 6.32. The third-order valence-corrected chi connectivity index (χ3v) is 8.62. The molecule has 0 unspecified atom stereocenters. The normalized spacial score (nSPS) is 23.1. The quantitative estimate of drug-likeness (QED) is 0.682. The lowest BCUT2D eigenvalue weighted by atomic mass is 9.95. The van der Waals surface area contributed by atoms with Crippen molar-refractivity contribution in [3.05, 3.63) is 64.7 Å². The van der Waals surface area contributed by atoms with Crippen molar-refractivity contribution in [2.45, 2.75) is 50.1 Å². The lowest BCUT2D eigenvalue weighted by molar-refractivity contribution is 0.0923. The lowest BCUT2D eigenvalue weighted by Gasteiger charge is -2.23. The summed E-state index contributed by atoms with van der Waals surface area (Å²) in [5, 5.41) is 3.69. The van der Waals surface area contributed by atoms with Gasteiger partial charge < -0.3 is 5.32 Å². The van der Waals surface area contributed by atoms with Crippen LogP contribution in [0.3, 0.4) is 0 Å². The summed E-state index contributed by atoms with van der Waals surface area (Å²) >= 11 is 5.88. The van der Waals surface area contributed by atoms with Crippen LogP contribution in [0.1, 0.15) is 48.5 Å². The minimum absolute atomic E-state index is 0.0415. The number of hydrogen-bond acceptors (Lipinski definition) is 3. The molecule has 2 saturated carbocycles. The first-order valence-corrected chi connectivity index (χ1v) is 12.3. The highest BCUT2D eigenvalue weighted by Gasteiger charge is 2.40. The van der Waals surface area contributed by atoms with Gasteiger partial charge in [0, 0.05) is 29.7 Å². The maximum atomic E-state index is 12.9. The fourth-order valence-electron chi connectivity index (χ4n) is 4.76. The minimum Gasteiger partial charge on any atom is -0.349 e. The van der Waals surface area contributed by atoms with Crippen LogP contribution in [-0.4, -0.2) is 31.2 Å². The fraction of sp³-hybridized carbons (Fsp3) is 0.435. The molecule has 2 fully saturated rings. The molecule has 1 amide bonds. The molecule has 0 aromatic heterocycles. The molecular weight excluding hydrogens is 420 g/mol. The summed E-state index contributed by atoms with van der Waals surface area (Å²) in [5.74, 6) is 1.37. The second kappa shape index (κ2) is 8.69. The van der Waals surface area contributed by atoms with Gasteiger partial charge in [-0.2, -0.15) is 4.31 Å². The molecule has 2 bridgehead atoms. The van der Waals surface area contributed by atoms with Gasteiger partial charge in [-0.1, -0.05) is 37.1 Å². The molecule has 1 N–H and O–H groups in total. The average Bonchev–Trinajstić information content (AvgIpc) is 3.36. The van der Waals surface area contributed by atoms with Gasteiger partial charge in [-0.25, -0.2) is 8.42 Å². The first-order valence-electron chi connectivity index (χ1n) is 10.5. The van der Waals surface area contributed by atoms with Crippen LogP contribution in [0, 0.1) is 11.8 Å². The molecule has 0 aliphatic heterocycles. The Morgan fingerprint density at radius 3 is 2.33 bits per heavy atom. The van der Waals surface area contributed by atoms with E-state index in [-0.39, 0.29) is 17.3 Å².